The van der Waals surface area contributed by atoms with Crippen molar-refractivity contribution in [2.24, 2.45) is 0 Å². The molecule has 0 aromatic heterocycles. The summed E-state index contributed by atoms with van der Waals surface area (Å²) < 4.78 is 30.1. The highest BCUT2D eigenvalue weighted by Gasteiger charge is 2.13. The minimum atomic E-state index is -0.424. The van der Waals surface area contributed by atoms with Gasteiger partial charge in [-0.15, -0.1) is 0 Å². The van der Waals surface area contributed by atoms with Crippen LogP contribution in [0.1, 0.15) is 30.9 Å². The predicted octanol–water partition coefficient (Wildman–Crippen LogP) is 7.67. The molecule has 0 saturated heterocycles. The molecule has 0 aliphatic heterocycles. The fraction of sp³-hybridized carbons (Fsp3) is 0.148. The van der Waals surface area contributed by atoms with Gasteiger partial charge in [-0.1, -0.05) is 67.9 Å². The van der Waals surface area contributed by atoms with Gasteiger partial charge in [-0.2, -0.15) is 5.26 Å². The average molecular weight is 397 g/mol. The molecule has 30 heavy (non-hydrogen) atoms. The van der Waals surface area contributed by atoms with E-state index in [1.54, 1.807) is 42.5 Å². The normalized spacial score (nSPS) is 10.9. The van der Waals surface area contributed by atoms with Crippen LogP contribution >= 0.6 is 0 Å². The second-order valence-electron chi connectivity index (χ2n) is 7.47. The van der Waals surface area contributed by atoms with Crippen molar-refractivity contribution in [3.63, 3.8) is 0 Å². The zero-order valence-corrected chi connectivity index (χ0v) is 16.8. The van der Waals surface area contributed by atoms with Crippen LogP contribution < -0.4 is 0 Å². The zero-order chi connectivity index (χ0) is 21.1. The van der Waals surface area contributed by atoms with E-state index in [4.69, 9.17) is 5.26 Å². The van der Waals surface area contributed by atoms with E-state index in [0.29, 0.717) is 33.2 Å². The van der Waals surface area contributed by atoms with Crippen LogP contribution in [0.15, 0.2) is 72.8 Å². The van der Waals surface area contributed by atoms with Crippen LogP contribution in [0.4, 0.5) is 8.78 Å². The Balaban J connectivity index is 1.70. The third-order valence-corrected chi connectivity index (χ3v) is 5.44. The second kappa shape index (κ2) is 8.47. The fourth-order valence-corrected chi connectivity index (χ4v) is 3.74. The number of nitriles is 1. The molecule has 0 bridgehead atoms. The summed E-state index contributed by atoms with van der Waals surface area (Å²) >= 11 is 0. The van der Waals surface area contributed by atoms with Crippen molar-refractivity contribution < 1.29 is 8.78 Å². The molecule has 4 aromatic carbocycles. The number of fused-ring (bicyclic) bond motifs is 1. The van der Waals surface area contributed by atoms with E-state index in [-0.39, 0.29) is 5.82 Å². The average Bonchev–Trinajstić information content (AvgIpc) is 2.78. The lowest BCUT2D eigenvalue weighted by atomic mass is 9.96. The summed E-state index contributed by atoms with van der Waals surface area (Å²) in [5.74, 6) is -0.758. The quantitative estimate of drug-likeness (QED) is 0.339. The van der Waals surface area contributed by atoms with Crippen molar-refractivity contribution in [3.8, 4) is 28.3 Å². The molecule has 4 rings (SSSR count). The highest BCUT2D eigenvalue weighted by atomic mass is 19.1. The first-order chi connectivity index (χ1) is 14.6. The molecule has 0 unspecified atom stereocenters. The van der Waals surface area contributed by atoms with Gasteiger partial charge in [0.2, 0.25) is 0 Å². The van der Waals surface area contributed by atoms with Crippen molar-refractivity contribution in [1.82, 2.24) is 0 Å². The topological polar surface area (TPSA) is 23.8 Å². The van der Waals surface area contributed by atoms with Gasteiger partial charge in [0.05, 0.1) is 11.6 Å². The Morgan fingerprint density at radius 3 is 2.23 bits per heavy atom. The van der Waals surface area contributed by atoms with Crippen LogP contribution in [0, 0.1) is 23.0 Å². The first-order valence-electron chi connectivity index (χ1n) is 10.1. The van der Waals surface area contributed by atoms with Crippen LogP contribution in [0.3, 0.4) is 0 Å². The molecule has 0 aliphatic rings. The van der Waals surface area contributed by atoms with Gasteiger partial charge in [0.15, 0.2) is 0 Å². The van der Waals surface area contributed by atoms with Crippen LogP contribution in [-0.2, 0) is 6.42 Å². The largest absolute Gasteiger partial charge is 0.206 e. The molecule has 4 aromatic rings. The molecule has 0 radical (unpaired) electrons. The monoisotopic (exact) mass is 397 g/mol. The number of hydrogen-bond acceptors (Lipinski definition) is 1. The predicted molar refractivity (Wildman–Crippen MR) is 118 cm³/mol. The van der Waals surface area contributed by atoms with Gasteiger partial charge >= 0.3 is 0 Å². The Kier molecular flexibility index (Phi) is 5.59. The summed E-state index contributed by atoms with van der Waals surface area (Å²) in [6.45, 7) is 2.15. The summed E-state index contributed by atoms with van der Waals surface area (Å²) in [4.78, 5) is 0. The maximum atomic E-state index is 15.2. The van der Waals surface area contributed by atoms with E-state index in [1.807, 2.05) is 30.3 Å². The third kappa shape index (κ3) is 3.82. The van der Waals surface area contributed by atoms with Crippen LogP contribution in [0.25, 0.3) is 33.0 Å². The van der Waals surface area contributed by atoms with E-state index >= 15 is 4.39 Å². The lowest BCUT2D eigenvalue weighted by molar-refractivity contribution is 0.630. The molecule has 1 nitrogen and oxygen atoms in total. The molecule has 0 amide bonds. The Hall–Kier alpha value is -3.51. The van der Waals surface area contributed by atoms with Gasteiger partial charge in [-0.25, -0.2) is 8.78 Å². The standard InChI is InChI=1S/C27H21F2N/c1-2-3-4-18-7-12-24-21(15-18)11-14-25(27(24)29)22-10-13-23(26(28)16-22)20-8-5-19(17-30)6-9-20/h5-16H,2-4H2,1H3. The summed E-state index contributed by atoms with van der Waals surface area (Å²) in [7, 11) is 0. The fourth-order valence-electron chi connectivity index (χ4n) is 3.74. The van der Waals surface area contributed by atoms with Gasteiger partial charge in [-0.05, 0) is 53.1 Å². The Labute approximate surface area is 175 Å². The van der Waals surface area contributed by atoms with E-state index in [9.17, 15) is 4.39 Å². The molecular formula is C27H21F2N. The first-order valence-corrected chi connectivity index (χ1v) is 10.1. The van der Waals surface area contributed by atoms with Crippen molar-refractivity contribution in [3.05, 3.63) is 95.6 Å². The van der Waals surface area contributed by atoms with E-state index in [2.05, 4.69) is 6.92 Å². The molecule has 3 heteroatoms. The van der Waals surface area contributed by atoms with E-state index in [1.165, 1.54) is 11.6 Å². The van der Waals surface area contributed by atoms with Crippen LogP contribution in [-0.4, -0.2) is 0 Å². The Morgan fingerprint density at radius 1 is 0.800 bits per heavy atom. The van der Waals surface area contributed by atoms with Crippen molar-refractivity contribution in [1.29, 1.82) is 5.26 Å². The molecule has 0 atom stereocenters. The Morgan fingerprint density at radius 2 is 1.53 bits per heavy atom. The minimum Gasteiger partial charge on any atom is -0.206 e. The van der Waals surface area contributed by atoms with Gasteiger partial charge in [0.25, 0.3) is 0 Å². The van der Waals surface area contributed by atoms with E-state index in [0.717, 1.165) is 24.6 Å². The zero-order valence-electron chi connectivity index (χ0n) is 16.8. The summed E-state index contributed by atoms with van der Waals surface area (Å²) in [5.41, 5.74) is 3.70. The molecule has 0 N–H and O–H groups in total. The smallest absolute Gasteiger partial charge is 0.138 e. The Bertz CT molecular complexity index is 1250. The highest BCUT2D eigenvalue weighted by Crippen LogP contribution is 2.33. The summed E-state index contributed by atoms with van der Waals surface area (Å²) in [5, 5.41) is 10.3. The van der Waals surface area contributed by atoms with Crippen LogP contribution in [0.5, 0.6) is 0 Å². The summed E-state index contributed by atoms with van der Waals surface area (Å²) in [6.07, 6.45) is 3.21. The number of unbranched alkanes of at least 4 members (excludes halogenated alkanes) is 1. The van der Waals surface area contributed by atoms with Crippen molar-refractivity contribution >= 4 is 10.8 Å². The van der Waals surface area contributed by atoms with Gasteiger partial charge in [-0.3, -0.25) is 0 Å². The lowest BCUT2D eigenvalue weighted by Gasteiger charge is -2.11. The molecule has 0 spiro atoms. The number of nitrogens with zero attached hydrogens (tertiary/aromatic N) is 1. The van der Waals surface area contributed by atoms with Crippen molar-refractivity contribution in [2.45, 2.75) is 26.2 Å². The number of hydrogen-bond donors (Lipinski definition) is 0. The SMILES string of the molecule is CCCCc1ccc2c(F)c(-c3ccc(-c4ccc(C#N)cc4)c(F)c3)ccc2c1. The molecule has 0 heterocycles. The molecule has 0 saturated carbocycles. The minimum absolute atomic E-state index is 0.333. The van der Waals surface area contributed by atoms with Crippen molar-refractivity contribution in [2.75, 3.05) is 0 Å². The molecular weight excluding hydrogens is 376 g/mol. The lowest BCUT2D eigenvalue weighted by Crippen LogP contribution is -1.92. The second-order valence-corrected chi connectivity index (χ2v) is 7.47. The maximum Gasteiger partial charge on any atom is 0.138 e. The van der Waals surface area contributed by atoms with E-state index < -0.39 is 5.82 Å². The van der Waals surface area contributed by atoms with Gasteiger partial charge in [0, 0.05) is 16.5 Å². The summed E-state index contributed by atoms with van der Waals surface area (Å²) in [6, 6.07) is 23.0. The highest BCUT2D eigenvalue weighted by molar-refractivity contribution is 5.89. The number of rotatable bonds is 5. The number of aryl methyl sites for hydroxylation is 1. The molecule has 0 fully saturated rings. The first kappa shape index (κ1) is 19.8. The maximum absolute atomic E-state index is 15.2. The van der Waals surface area contributed by atoms with Gasteiger partial charge in [0.1, 0.15) is 11.6 Å². The van der Waals surface area contributed by atoms with Crippen LogP contribution in [0.2, 0.25) is 0 Å². The number of halogens is 2. The number of benzene rings is 4. The molecule has 0 aliphatic carbocycles. The molecule has 148 valence electrons. The van der Waals surface area contributed by atoms with Gasteiger partial charge < -0.3 is 0 Å². The third-order valence-electron chi connectivity index (χ3n) is 5.44.